The molecular weight excluding hydrogens is 369 g/mol. The van der Waals surface area contributed by atoms with Crippen LogP contribution in [0.5, 0.6) is 0 Å². The van der Waals surface area contributed by atoms with Gasteiger partial charge in [0.15, 0.2) is 0 Å². The number of nitrogens with zero attached hydrogens (tertiary/aromatic N) is 1. The number of methoxy groups -OCH3 is 1. The summed E-state index contributed by atoms with van der Waals surface area (Å²) in [6, 6.07) is 4.40. The standard InChI is InChI=1S/C15H20FN3O6S/c1-24-8-6-17-14(20)15(21)18-10-13-19(7-9-25-13)26(22,23)12-4-2-11(16)3-5-12/h2-5,13H,6-10H2,1H3,(H,17,20)(H,18,21)/t13-/m1/s1. The molecule has 0 bridgehead atoms. The van der Waals surface area contributed by atoms with Gasteiger partial charge in [-0.3, -0.25) is 9.59 Å². The topological polar surface area (TPSA) is 114 Å². The van der Waals surface area contributed by atoms with Gasteiger partial charge in [-0.25, -0.2) is 12.8 Å². The summed E-state index contributed by atoms with van der Waals surface area (Å²) in [7, 11) is -2.46. The molecule has 0 radical (unpaired) electrons. The summed E-state index contributed by atoms with van der Waals surface area (Å²) < 4.78 is 49.4. The van der Waals surface area contributed by atoms with Crippen molar-refractivity contribution in [1.82, 2.24) is 14.9 Å². The van der Waals surface area contributed by atoms with Gasteiger partial charge in [-0.1, -0.05) is 0 Å². The van der Waals surface area contributed by atoms with E-state index >= 15 is 0 Å². The smallest absolute Gasteiger partial charge is 0.309 e. The normalized spacial score (nSPS) is 17.8. The van der Waals surface area contributed by atoms with E-state index in [2.05, 4.69) is 10.6 Å². The Morgan fingerprint density at radius 1 is 1.27 bits per heavy atom. The largest absolute Gasteiger partial charge is 0.383 e. The van der Waals surface area contributed by atoms with Crippen LogP contribution in [-0.4, -0.2) is 70.7 Å². The maximum atomic E-state index is 13.0. The van der Waals surface area contributed by atoms with Crippen molar-refractivity contribution in [2.45, 2.75) is 11.1 Å². The molecule has 0 aliphatic carbocycles. The number of amides is 2. The number of nitrogens with one attached hydrogen (secondary N) is 2. The SMILES string of the molecule is COCCNC(=O)C(=O)NC[C@H]1OCCN1S(=O)(=O)c1ccc(F)cc1. The number of hydrogen-bond donors (Lipinski definition) is 2. The molecule has 0 unspecified atom stereocenters. The lowest BCUT2D eigenvalue weighted by Crippen LogP contribution is -2.47. The van der Waals surface area contributed by atoms with Gasteiger partial charge in [-0.15, -0.1) is 0 Å². The van der Waals surface area contributed by atoms with Crippen LogP contribution in [0, 0.1) is 5.82 Å². The van der Waals surface area contributed by atoms with Crippen molar-refractivity contribution < 1.29 is 31.9 Å². The monoisotopic (exact) mass is 389 g/mol. The Morgan fingerprint density at radius 3 is 2.58 bits per heavy atom. The summed E-state index contributed by atoms with van der Waals surface area (Å²) in [6.45, 7) is 0.459. The minimum absolute atomic E-state index is 0.0836. The van der Waals surface area contributed by atoms with Crippen molar-refractivity contribution >= 4 is 21.8 Å². The van der Waals surface area contributed by atoms with Crippen LogP contribution in [-0.2, 0) is 29.1 Å². The maximum Gasteiger partial charge on any atom is 0.309 e. The molecule has 1 fully saturated rings. The molecule has 2 amide bonds. The number of carbonyl (C=O) groups is 2. The zero-order valence-electron chi connectivity index (χ0n) is 14.1. The molecule has 1 saturated heterocycles. The molecule has 1 aromatic carbocycles. The third kappa shape index (κ3) is 4.97. The first-order valence-electron chi connectivity index (χ1n) is 7.80. The van der Waals surface area contributed by atoms with Crippen LogP contribution in [0.1, 0.15) is 0 Å². The summed E-state index contributed by atoms with van der Waals surface area (Å²) >= 11 is 0. The van der Waals surface area contributed by atoms with Crippen LogP contribution in [0.2, 0.25) is 0 Å². The number of rotatable bonds is 7. The van der Waals surface area contributed by atoms with Crippen molar-refractivity contribution in [2.75, 3.05) is 40.0 Å². The third-order valence-corrected chi connectivity index (χ3v) is 5.50. The number of hydrogen-bond acceptors (Lipinski definition) is 6. The van der Waals surface area contributed by atoms with E-state index < -0.39 is 33.9 Å². The van der Waals surface area contributed by atoms with Crippen LogP contribution in [0.15, 0.2) is 29.2 Å². The van der Waals surface area contributed by atoms with Crippen LogP contribution < -0.4 is 10.6 Å². The fourth-order valence-electron chi connectivity index (χ4n) is 2.29. The van der Waals surface area contributed by atoms with Crippen molar-refractivity contribution in [3.8, 4) is 0 Å². The number of sulfonamides is 1. The van der Waals surface area contributed by atoms with E-state index in [1.165, 1.54) is 7.11 Å². The van der Waals surface area contributed by atoms with Crippen LogP contribution in [0.3, 0.4) is 0 Å². The van der Waals surface area contributed by atoms with Gasteiger partial charge >= 0.3 is 11.8 Å². The number of halogens is 1. The molecule has 2 rings (SSSR count). The average Bonchev–Trinajstić information content (AvgIpc) is 3.09. The molecule has 2 N–H and O–H groups in total. The molecule has 1 aliphatic rings. The Bertz CT molecular complexity index is 740. The van der Waals surface area contributed by atoms with E-state index in [1.807, 2.05) is 0 Å². The van der Waals surface area contributed by atoms with E-state index in [-0.39, 0.29) is 37.7 Å². The highest BCUT2D eigenvalue weighted by Gasteiger charge is 2.36. The quantitative estimate of drug-likeness (QED) is 0.459. The number of ether oxygens (including phenoxy) is 2. The van der Waals surface area contributed by atoms with Crippen LogP contribution in [0.4, 0.5) is 4.39 Å². The third-order valence-electron chi connectivity index (χ3n) is 3.60. The lowest BCUT2D eigenvalue weighted by atomic mass is 10.4. The highest BCUT2D eigenvalue weighted by Crippen LogP contribution is 2.22. The van der Waals surface area contributed by atoms with Crippen LogP contribution in [0.25, 0.3) is 0 Å². The molecule has 26 heavy (non-hydrogen) atoms. The van der Waals surface area contributed by atoms with E-state index in [0.717, 1.165) is 28.6 Å². The zero-order chi connectivity index (χ0) is 19.2. The highest BCUT2D eigenvalue weighted by molar-refractivity contribution is 7.89. The summed E-state index contributed by atoms with van der Waals surface area (Å²) in [6.07, 6.45) is -0.958. The first kappa shape index (κ1) is 20.2. The fourth-order valence-corrected chi connectivity index (χ4v) is 3.80. The zero-order valence-corrected chi connectivity index (χ0v) is 14.9. The van der Waals surface area contributed by atoms with E-state index in [1.54, 1.807) is 0 Å². The van der Waals surface area contributed by atoms with Gasteiger partial charge in [0, 0.05) is 20.2 Å². The van der Waals surface area contributed by atoms with Gasteiger partial charge in [-0.2, -0.15) is 4.31 Å². The van der Waals surface area contributed by atoms with Gasteiger partial charge in [0.25, 0.3) is 0 Å². The van der Waals surface area contributed by atoms with Gasteiger partial charge in [0.1, 0.15) is 12.0 Å². The molecule has 0 aromatic heterocycles. The Hall–Kier alpha value is -2.08. The first-order chi connectivity index (χ1) is 12.4. The lowest BCUT2D eigenvalue weighted by molar-refractivity contribution is -0.139. The summed E-state index contributed by atoms with van der Waals surface area (Å²) in [5, 5.41) is 4.68. The van der Waals surface area contributed by atoms with Gasteiger partial charge < -0.3 is 20.1 Å². The molecule has 1 aliphatic heterocycles. The van der Waals surface area contributed by atoms with Crippen LogP contribution >= 0.6 is 0 Å². The van der Waals surface area contributed by atoms with Gasteiger partial charge in [-0.05, 0) is 24.3 Å². The molecule has 144 valence electrons. The van der Waals surface area contributed by atoms with E-state index in [4.69, 9.17) is 9.47 Å². The molecule has 1 atom stereocenters. The second-order valence-corrected chi connectivity index (χ2v) is 7.24. The minimum atomic E-state index is -3.92. The van der Waals surface area contributed by atoms with Crippen molar-refractivity contribution in [2.24, 2.45) is 0 Å². The molecule has 0 saturated carbocycles. The molecule has 11 heteroatoms. The van der Waals surface area contributed by atoms with Gasteiger partial charge in [0.05, 0.1) is 24.7 Å². The highest BCUT2D eigenvalue weighted by atomic mass is 32.2. The predicted molar refractivity (Wildman–Crippen MR) is 87.9 cm³/mol. The molecule has 1 aromatic rings. The van der Waals surface area contributed by atoms with Gasteiger partial charge in [0.2, 0.25) is 10.0 Å². The Kier molecular flexibility index (Phi) is 7.03. The van der Waals surface area contributed by atoms with E-state index in [9.17, 15) is 22.4 Å². The Morgan fingerprint density at radius 2 is 1.92 bits per heavy atom. The molecular formula is C15H20FN3O6S. The minimum Gasteiger partial charge on any atom is -0.383 e. The Balaban J connectivity index is 1.96. The van der Waals surface area contributed by atoms with Crippen molar-refractivity contribution in [3.05, 3.63) is 30.1 Å². The lowest BCUT2D eigenvalue weighted by Gasteiger charge is -2.22. The van der Waals surface area contributed by atoms with Crippen molar-refractivity contribution in [3.63, 3.8) is 0 Å². The first-order valence-corrected chi connectivity index (χ1v) is 9.24. The number of carbonyl (C=O) groups excluding carboxylic acids is 2. The number of benzene rings is 1. The average molecular weight is 389 g/mol. The van der Waals surface area contributed by atoms with E-state index in [0.29, 0.717) is 0 Å². The summed E-state index contributed by atoms with van der Waals surface area (Å²) in [4.78, 5) is 23.2. The molecule has 9 nitrogen and oxygen atoms in total. The predicted octanol–water partition coefficient (Wildman–Crippen LogP) is -0.948. The molecule has 0 spiro atoms. The maximum absolute atomic E-state index is 13.0. The fraction of sp³-hybridized carbons (Fsp3) is 0.467. The second kappa shape index (κ2) is 9.03. The molecule has 1 heterocycles. The summed E-state index contributed by atoms with van der Waals surface area (Å²) in [5.74, 6) is -2.31. The second-order valence-electron chi connectivity index (χ2n) is 5.35. The Labute approximate surface area is 150 Å². The summed E-state index contributed by atoms with van der Waals surface area (Å²) in [5.41, 5.74) is 0. The van der Waals surface area contributed by atoms with Crippen molar-refractivity contribution in [1.29, 1.82) is 0 Å².